The first-order valence-corrected chi connectivity index (χ1v) is 9.83. The van der Waals surface area contributed by atoms with Gasteiger partial charge in [-0.05, 0) is 56.3 Å². The molecule has 27 heavy (non-hydrogen) atoms. The molecule has 3 aromatic rings. The molecule has 2 aromatic heterocycles. The molecule has 0 aliphatic carbocycles. The average molecular weight is 364 g/mol. The SMILES string of the molecule is Cc1ccc(-c2[nH]ncc2CN2CCC[C@@H]2c2cc(C(C)C)no2)cc1C. The molecule has 0 radical (unpaired) electrons. The highest BCUT2D eigenvalue weighted by Gasteiger charge is 2.30. The molecule has 1 aromatic carbocycles. The fourth-order valence-electron chi connectivity index (χ4n) is 3.87. The summed E-state index contributed by atoms with van der Waals surface area (Å²) >= 11 is 0. The highest BCUT2D eigenvalue weighted by molar-refractivity contribution is 5.64. The molecule has 0 bridgehead atoms. The molecule has 1 aliphatic rings. The van der Waals surface area contributed by atoms with Crippen LogP contribution in [-0.4, -0.2) is 26.8 Å². The van der Waals surface area contributed by atoms with E-state index in [0.29, 0.717) is 12.0 Å². The van der Waals surface area contributed by atoms with Crippen molar-refractivity contribution < 1.29 is 4.52 Å². The maximum atomic E-state index is 5.69. The Morgan fingerprint density at radius 1 is 1.22 bits per heavy atom. The van der Waals surface area contributed by atoms with Gasteiger partial charge in [0.2, 0.25) is 0 Å². The summed E-state index contributed by atoms with van der Waals surface area (Å²) in [6.07, 6.45) is 4.25. The Bertz CT molecular complexity index is 924. The van der Waals surface area contributed by atoms with Crippen LogP contribution in [0.15, 0.2) is 35.0 Å². The molecule has 0 unspecified atom stereocenters. The van der Waals surface area contributed by atoms with Gasteiger partial charge in [-0.2, -0.15) is 5.10 Å². The number of aryl methyl sites for hydroxylation is 2. The number of aromatic nitrogens is 3. The van der Waals surface area contributed by atoms with E-state index >= 15 is 0 Å². The van der Waals surface area contributed by atoms with Crippen molar-refractivity contribution in [3.63, 3.8) is 0 Å². The van der Waals surface area contributed by atoms with Crippen molar-refractivity contribution in [1.82, 2.24) is 20.3 Å². The summed E-state index contributed by atoms with van der Waals surface area (Å²) in [7, 11) is 0. The molecular weight excluding hydrogens is 336 g/mol. The highest BCUT2D eigenvalue weighted by Crippen LogP contribution is 2.35. The molecule has 0 amide bonds. The molecule has 5 heteroatoms. The first kappa shape index (κ1) is 18.0. The van der Waals surface area contributed by atoms with Crippen LogP contribution < -0.4 is 0 Å². The summed E-state index contributed by atoms with van der Waals surface area (Å²) in [5.41, 5.74) is 7.19. The summed E-state index contributed by atoms with van der Waals surface area (Å²) in [4.78, 5) is 2.49. The van der Waals surface area contributed by atoms with Crippen molar-refractivity contribution >= 4 is 0 Å². The lowest BCUT2D eigenvalue weighted by Gasteiger charge is -2.22. The third-order valence-electron chi connectivity index (χ3n) is 5.72. The van der Waals surface area contributed by atoms with E-state index in [1.54, 1.807) is 0 Å². The lowest BCUT2D eigenvalue weighted by Crippen LogP contribution is -2.22. The van der Waals surface area contributed by atoms with Crippen LogP contribution in [0.3, 0.4) is 0 Å². The van der Waals surface area contributed by atoms with E-state index in [1.807, 2.05) is 6.20 Å². The topological polar surface area (TPSA) is 58.0 Å². The van der Waals surface area contributed by atoms with Gasteiger partial charge in [-0.3, -0.25) is 10.00 Å². The Kier molecular flexibility index (Phi) is 4.87. The van der Waals surface area contributed by atoms with Crippen LogP contribution in [0.25, 0.3) is 11.3 Å². The Labute approximate surface area is 160 Å². The Morgan fingerprint density at radius 3 is 2.81 bits per heavy atom. The summed E-state index contributed by atoms with van der Waals surface area (Å²) in [5.74, 6) is 1.38. The van der Waals surface area contributed by atoms with E-state index in [9.17, 15) is 0 Å². The number of benzene rings is 1. The van der Waals surface area contributed by atoms with Crippen LogP contribution in [-0.2, 0) is 6.54 Å². The second kappa shape index (κ2) is 7.31. The normalized spacial score (nSPS) is 17.9. The zero-order valence-electron chi connectivity index (χ0n) is 16.6. The van der Waals surface area contributed by atoms with Gasteiger partial charge in [-0.15, -0.1) is 0 Å². The van der Waals surface area contributed by atoms with E-state index in [1.165, 1.54) is 28.7 Å². The molecule has 5 nitrogen and oxygen atoms in total. The quantitative estimate of drug-likeness (QED) is 0.681. The highest BCUT2D eigenvalue weighted by atomic mass is 16.5. The third kappa shape index (κ3) is 3.56. The van der Waals surface area contributed by atoms with Gasteiger partial charge in [0.15, 0.2) is 5.76 Å². The second-order valence-electron chi connectivity index (χ2n) is 8.01. The van der Waals surface area contributed by atoms with Crippen molar-refractivity contribution in [2.24, 2.45) is 0 Å². The van der Waals surface area contributed by atoms with Crippen LogP contribution >= 0.6 is 0 Å². The standard InChI is InChI=1S/C22H28N4O/c1-14(2)19-11-21(27-25-19)20-6-5-9-26(20)13-18-12-23-24-22(18)17-8-7-15(3)16(4)10-17/h7-8,10-12,14,20H,5-6,9,13H2,1-4H3,(H,23,24)/t20-/m1/s1. The summed E-state index contributed by atoms with van der Waals surface area (Å²) in [5, 5.41) is 11.8. The van der Waals surface area contributed by atoms with Crippen LogP contribution in [0.5, 0.6) is 0 Å². The van der Waals surface area contributed by atoms with Crippen molar-refractivity contribution in [3.05, 3.63) is 58.6 Å². The second-order valence-corrected chi connectivity index (χ2v) is 8.01. The molecule has 1 aliphatic heterocycles. The molecular formula is C22H28N4O. The van der Waals surface area contributed by atoms with Crippen molar-refractivity contribution in [2.45, 2.75) is 59.0 Å². The van der Waals surface area contributed by atoms with Gasteiger partial charge in [0.25, 0.3) is 0 Å². The Balaban J connectivity index is 1.57. The van der Waals surface area contributed by atoms with E-state index < -0.39 is 0 Å². The molecule has 0 spiro atoms. The first-order valence-electron chi connectivity index (χ1n) is 9.83. The fourth-order valence-corrected chi connectivity index (χ4v) is 3.87. The monoisotopic (exact) mass is 364 g/mol. The maximum Gasteiger partial charge on any atom is 0.154 e. The molecule has 142 valence electrons. The lowest BCUT2D eigenvalue weighted by molar-refractivity contribution is 0.206. The van der Waals surface area contributed by atoms with Crippen LogP contribution in [0.4, 0.5) is 0 Å². The largest absolute Gasteiger partial charge is 0.359 e. The van der Waals surface area contributed by atoms with Crippen LogP contribution in [0.1, 0.15) is 66.8 Å². The van der Waals surface area contributed by atoms with E-state index in [4.69, 9.17) is 4.52 Å². The van der Waals surface area contributed by atoms with Gasteiger partial charge in [0.1, 0.15) is 0 Å². The minimum Gasteiger partial charge on any atom is -0.359 e. The predicted molar refractivity (Wildman–Crippen MR) is 106 cm³/mol. The smallest absolute Gasteiger partial charge is 0.154 e. The molecule has 3 heterocycles. The maximum absolute atomic E-state index is 5.69. The zero-order chi connectivity index (χ0) is 19.0. The third-order valence-corrected chi connectivity index (χ3v) is 5.72. The number of hydrogen-bond donors (Lipinski definition) is 1. The van der Waals surface area contributed by atoms with E-state index in [2.05, 4.69) is 72.2 Å². The molecule has 0 saturated carbocycles. The van der Waals surface area contributed by atoms with Gasteiger partial charge < -0.3 is 4.52 Å². The molecule has 4 rings (SSSR count). The fraction of sp³-hybridized carbons (Fsp3) is 0.455. The first-order chi connectivity index (χ1) is 13.0. The summed E-state index contributed by atoms with van der Waals surface area (Å²) < 4.78 is 5.69. The summed E-state index contributed by atoms with van der Waals surface area (Å²) in [6.45, 7) is 10.5. The van der Waals surface area contributed by atoms with E-state index in [-0.39, 0.29) is 0 Å². The van der Waals surface area contributed by atoms with Crippen LogP contribution in [0, 0.1) is 13.8 Å². The number of nitrogens with zero attached hydrogens (tertiary/aromatic N) is 3. The number of nitrogens with one attached hydrogen (secondary N) is 1. The van der Waals surface area contributed by atoms with E-state index in [0.717, 1.165) is 36.7 Å². The van der Waals surface area contributed by atoms with Gasteiger partial charge in [-0.25, -0.2) is 0 Å². The minimum absolute atomic E-state index is 0.299. The molecule has 1 saturated heterocycles. The lowest BCUT2D eigenvalue weighted by atomic mass is 10.0. The van der Waals surface area contributed by atoms with Crippen LogP contribution in [0.2, 0.25) is 0 Å². The molecule has 1 atom stereocenters. The zero-order valence-corrected chi connectivity index (χ0v) is 16.6. The number of H-pyrrole nitrogens is 1. The molecule has 1 fully saturated rings. The van der Waals surface area contributed by atoms with Gasteiger partial charge in [-0.1, -0.05) is 31.1 Å². The van der Waals surface area contributed by atoms with Gasteiger partial charge in [0.05, 0.1) is 23.6 Å². The van der Waals surface area contributed by atoms with Gasteiger partial charge in [0, 0.05) is 23.7 Å². The number of likely N-dealkylation sites (tertiary alicyclic amines) is 1. The number of aromatic amines is 1. The predicted octanol–water partition coefficient (Wildman–Crippen LogP) is 5.14. The number of rotatable bonds is 5. The minimum atomic E-state index is 0.299. The Morgan fingerprint density at radius 2 is 2.07 bits per heavy atom. The van der Waals surface area contributed by atoms with Gasteiger partial charge >= 0.3 is 0 Å². The average Bonchev–Trinajstić information content (AvgIpc) is 3.37. The number of hydrogen-bond acceptors (Lipinski definition) is 4. The Hall–Kier alpha value is -2.40. The molecule has 1 N–H and O–H groups in total. The van der Waals surface area contributed by atoms with Crippen molar-refractivity contribution in [3.8, 4) is 11.3 Å². The van der Waals surface area contributed by atoms with Crippen molar-refractivity contribution in [1.29, 1.82) is 0 Å². The van der Waals surface area contributed by atoms with Crippen molar-refractivity contribution in [2.75, 3.05) is 6.54 Å². The summed E-state index contributed by atoms with van der Waals surface area (Å²) in [6, 6.07) is 9.02.